The molecule has 2 heterocycles. The van der Waals surface area contributed by atoms with Gasteiger partial charge in [-0.15, -0.1) is 0 Å². The van der Waals surface area contributed by atoms with E-state index in [1.807, 2.05) is 30.3 Å². The summed E-state index contributed by atoms with van der Waals surface area (Å²) in [5, 5.41) is 11.2. The summed E-state index contributed by atoms with van der Waals surface area (Å²) in [4.78, 5) is 24.2. The molecule has 0 aliphatic carbocycles. The molecule has 2 aromatic heterocycles. The Kier molecular flexibility index (Phi) is 2.86. The summed E-state index contributed by atoms with van der Waals surface area (Å²) < 4.78 is 3.61. The summed E-state index contributed by atoms with van der Waals surface area (Å²) in [5.74, 6) is -0.357. The van der Waals surface area contributed by atoms with E-state index in [1.54, 1.807) is 16.8 Å². The van der Waals surface area contributed by atoms with Gasteiger partial charge in [0.25, 0.3) is 5.88 Å². The van der Waals surface area contributed by atoms with Gasteiger partial charge in [0.1, 0.15) is 0 Å². The highest BCUT2D eigenvalue weighted by Crippen LogP contribution is 2.14. The van der Waals surface area contributed by atoms with Crippen molar-refractivity contribution in [3.63, 3.8) is 0 Å². The third-order valence-electron chi connectivity index (χ3n) is 3.56. The van der Waals surface area contributed by atoms with Gasteiger partial charge < -0.3 is 5.11 Å². The number of nitrogens with zero attached hydrogens (tertiary/aromatic N) is 3. The van der Waals surface area contributed by atoms with Gasteiger partial charge in [-0.25, -0.2) is 4.79 Å². The lowest BCUT2D eigenvalue weighted by Gasteiger charge is -2.07. The largest absolute Gasteiger partial charge is 0.489 e. The summed E-state index contributed by atoms with van der Waals surface area (Å²) >= 11 is 0. The predicted molar refractivity (Wildman–Crippen MR) is 77.6 cm³/mol. The van der Waals surface area contributed by atoms with Crippen molar-refractivity contribution < 1.29 is 9.67 Å². The molecule has 21 heavy (non-hydrogen) atoms. The average Bonchev–Trinajstić information content (AvgIpc) is 2.51. The average molecular weight is 284 g/mol. The van der Waals surface area contributed by atoms with E-state index in [9.17, 15) is 14.7 Å². The fraction of sp³-hybridized carbons (Fsp3) is 0.133. The quantitative estimate of drug-likeness (QED) is 0.650. The topological polar surface area (TPSA) is 68.1 Å². The Bertz CT molecular complexity index is 965. The van der Waals surface area contributed by atoms with Crippen LogP contribution >= 0.6 is 0 Å². The maximum absolute atomic E-state index is 12.4. The third-order valence-corrected chi connectivity index (χ3v) is 3.56. The van der Waals surface area contributed by atoms with E-state index in [0.717, 1.165) is 20.0 Å². The van der Waals surface area contributed by atoms with Gasteiger partial charge in [0.15, 0.2) is 6.20 Å². The van der Waals surface area contributed by atoms with Crippen LogP contribution in [0.2, 0.25) is 0 Å². The third kappa shape index (κ3) is 1.84. The minimum Gasteiger partial charge on any atom is -0.489 e. The van der Waals surface area contributed by atoms with Crippen LogP contribution in [0.5, 0.6) is 5.88 Å². The number of para-hydroxylation sites is 1. The van der Waals surface area contributed by atoms with Gasteiger partial charge in [-0.05, 0) is 12.1 Å². The Balaban J connectivity index is 2.51. The Morgan fingerprint density at radius 3 is 2.43 bits per heavy atom. The molecule has 0 amide bonds. The van der Waals surface area contributed by atoms with Crippen molar-refractivity contribution in [3.8, 4) is 11.6 Å². The van der Waals surface area contributed by atoms with Crippen LogP contribution in [0.15, 0.2) is 52.2 Å². The first kappa shape index (κ1) is 13.1. The van der Waals surface area contributed by atoms with Crippen LogP contribution in [-0.2, 0) is 14.1 Å². The molecular weight excluding hydrogens is 270 g/mol. The zero-order valence-electron chi connectivity index (χ0n) is 11.6. The lowest BCUT2D eigenvalue weighted by atomic mass is 10.2. The number of benzene rings is 1. The summed E-state index contributed by atoms with van der Waals surface area (Å²) in [7, 11) is 2.81. The molecule has 3 rings (SSSR count). The van der Waals surface area contributed by atoms with Crippen molar-refractivity contribution in [2.45, 2.75) is 0 Å². The van der Waals surface area contributed by atoms with Crippen molar-refractivity contribution in [1.29, 1.82) is 0 Å². The summed E-state index contributed by atoms with van der Waals surface area (Å²) in [6.07, 6.45) is 1.68. The second-order valence-electron chi connectivity index (χ2n) is 4.81. The van der Waals surface area contributed by atoms with Crippen LogP contribution in [0.4, 0.5) is 0 Å². The molecule has 0 saturated carbocycles. The fourth-order valence-corrected chi connectivity index (χ4v) is 2.38. The Morgan fingerprint density at radius 1 is 1.00 bits per heavy atom. The van der Waals surface area contributed by atoms with Gasteiger partial charge in [0, 0.05) is 31.6 Å². The van der Waals surface area contributed by atoms with Crippen LogP contribution < -0.4 is 15.8 Å². The van der Waals surface area contributed by atoms with E-state index in [1.165, 1.54) is 14.1 Å². The molecule has 3 aromatic rings. The summed E-state index contributed by atoms with van der Waals surface area (Å²) in [5.41, 5.74) is -0.290. The van der Waals surface area contributed by atoms with Crippen LogP contribution in [0.25, 0.3) is 16.6 Å². The lowest BCUT2D eigenvalue weighted by molar-refractivity contribution is -0.569. The molecule has 1 N–H and O–H groups in total. The molecule has 0 aliphatic rings. The lowest BCUT2D eigenvalue weighted by Crippen LogP contribution is -2.46. The highest BCUT2D eigenvalue weighted by molar-refractivity contribution is 5.75. The van der Waals surface area contributed by atoms with E-state index in [2.05, 4.69) is 0 Å². The monoisotopic (exact) mass is 284 g/mol. The second-order valence-corrected chi connectivity index (χ2v) is 4.81. The fourth-order valence-electron chi connectivity index (χ4n) is 2.38. The van der Waals surface area contributed by atoms with Crippen LogP contribution in [0, 0.1) is 0 Å². The molecule has 0 atom stereocenters. The van der Waals surface area contributed by atoms with Gasteiger partial charge in [0.2, 0.25) is 5.52 Å². The van der Waals surface area contributed by atoms with E-state index < -0.39 is 11.2 Å². The smallest absolute Gasteiger partial charge is 0.337 e. The van der Waals surface area contributed by atoms with E-state index >= 15 is 0 Å². The van der Waals surface area contributed by atoms with Crippen LogP contribution in [0.3, 0.4) is 0 Å². The number of hydrogen-bond donors (Lipinski definition) is 1. The molecule has 0 spiro atoms. The number of hydrogen-bond acceptors (Lipinski definition) is 3. The number of pyridine rings is 1. The molecule has 0 fully saturated rings. The molecular formula is C15H14N3O3+. The van der Waals surface area contributed by atoms with Crippen molar-refractivity contribution in [2.24, 2.45) is 14.1 Å². The standard InChI is InChI=1S/C15H13N3O3/c1-16-13(19)12(14(20)17(2)15(16)21)18-9-5-7-10-6-3-4-8-11(10)18/h3-9H,1-2H3/p+1. The zero-order valence-corrected chi connectivity index (χ0v) is 11.6. The van der Waals surface area contributed by atoms with E-state index in [4.69, 9.17) is 0 Å². The van der Waals surface area contributed by atoms with E-state index in [0.29, 0.717) is 0 Å². The van der Waals surface area contributed by atoms with Gasteiger partial charge in [-0.3, -0.25) is 13.9 Å². The number of aromatic hydroxyl groups is 1. The molecule has 0 aliphatic heterocycles. The Morgan fingerprint density at radius 2 is 1.67 bits per heavy atom. The first-order valence-electron chi connectivity index (χ1n) is 6.41. The Labute approximate surface area is 119 Å². The summed E-state index contributed by atoms with van der Waals surface area (Å²) in [6, 6.07) is 11.2. The van der Waals surface area contributed by atoms with Crippen molar-refractivity contribution in [3.05, 3.63) is 63.4 Å². The molecule has 0 bridgehead atoms. The minimum absolute atomic E-state index is 0.0522. The van der Waals surface area contributed by atoms with Crippen molar-refractivity contribution in [1.82, 2.24) is 9.13 Å². The highest BCUT2D eigenvalue weighted by atomic mass is 16.3. The molecule has 0 saturated heterocycles. The molecule has 0 radical (unpaired) electrons. The first-order chi connectivity index (χ1) is 10.0. The van der Waals surface area contributed by atoms with E-state index in [-0.39, 0.29) is 11.6 Å². The van der Waals surface area contributed by atoms with Gasteiger partial charge in [0.05, 0.1) is 0 Å². The van der Waals surface area contributed by atoms with Gasteiger partial charge in [-0.1, -0.05) is 12.1 Å². The van der Waals surface area contributed by atoms with Gasteiger partial charge >= 0.3 is 16.9 Å². The second kappa shape index (κ2) is 4.59. The summed E-state index contributed by atoms with van der Waals surface area (Å²) in [6.45, 7) is 0. The normalized spacial score (nSPS) is 11.0. The SMILES string of the molecule is Cn1c(O)c(-[n+]2cccc3ccccc32)c(=O)n(C)c1=O. The molecule has 1 aromatic carbocycles. The van der Waals surface area contributed by atoms with Crippen LogP contribution in [0.1, 0.15) is 0 Å². The minimum atomic E-state index is -0.568. The maximum atomic E-state index is 12.4. The Hall–Kier alpha value is -2.89. The zero-order chi connectivity index (χ0) is 15.1. The maximum Gasteiger partial charge on any atom is 0.337 e. The number of rotatable bonds is 1. The molecule has 6 nitrogen and oxygen atoms in total. The number of aromatic nitrogens is 3. The van der Waals surface area contributed by atoms with Crippen molar-refractivity contribution in [2.75, 3.05) is 0 Å². The molecule has 106 valence electrons. The predicted octanol–water partition coefficient (Wildman–Crippen LogP) is 0.220. The van der Waals surface area contributed by atoms with Crippen molar-refractivity contribution >= 4 is 10.9 Å². The number of fused-ring (bicyclic) bond motifs is 1. The molecule has 0 unspecified atom stereocenters. The highest BCUT2D eigenvalue weighted by Gasteiger charge is 2.25. The first-order valence-corrected chi connectivity index (χ1v) is 6.41. The van der Waals surface area contributed by atoms with Crippen LogP contribution in [-0.4, -0.2) is 14.2 Å². The molecule has 6 heteroatoms. The van der Waals surface area contributed by atoms with Gasteiger partial charge in [-0.2, -0.15) is 4.57 Å².